The fourth-order valence-corrected chi connectivity index (χ4v) is 3.33. The van der Waals surface area contributed by atoms with Gasteiger partial charge in [0, 0.05) is 6.54 Å². The van der Waals surface area contributed by atoms with E-state index in [1.807, 2.05) is 19.1 Å². The zero-order chi connectivity index (χ0) is 21.8. The number of amides is 1. The third-order valence-electron chi connectivity index (χ3n) is 4.54. The average molecular weight is 433 g/mol. The lowest BCUT2D eigenvalue weighted by Crippen LogP contribution is -2.27. The summed E-state index contributed by atoms with van der Waals surface area (Å²) in [6, 6.07) is 8.68. The van der Waals surface area contributed by atoms with Crippen LogP contribution in [-0.4, -0.2) is 27.2 Å². The second-order valence-corrected chi connectivity index (χ2v) is 7.10. The van der Waals surface area contributed by atoms with Crippen molar-refractivity contribution in [2.75, 3.05) is 6.54 Å². The minimum atomic E-state index is -0.455. The lowest BCUT2D eigenvalue weighted by molar-refractivity contribution is -0.386. The zero-order valence-corrected chi connectivity index (χ0v) is 17.5. The third-order valence-corrected chi connectivity index (χ3v) is 4.84. The van der Waals surface area contributed by atoms with Crippen LogP contribution in [0.1, 0.15) is 33.3 Å². The maximum Gasteiger partial charge on any atom is 0.312 e. The third kappa shape index (κ3) is 4.62. The Morgan fingerprint density at radius 3 is 2.73 bits per heavy atom. The van der Waals surface area contributed by atoms with Crippen molar-refractivity contribution in [1.82, 2.24) is 15.1 Å². The molecule has 0 unspecified atom stereocenters. The first-order valence-corrected chi connectivity index (χ1v) is 9.59. The summed E-state index contributed by atoms with van der Waals surface area (Å²) >= 11 is 6.13. The largest absolute Gasteiger partial charge is 0.484 e. The molecule has 0 aliphatic heterocycles. The van der Waals surface area contributed by atoms with Gasteiger partial charge in [0.25, 0.3) is 5.91 Å². The molecule has 2 aromatic heterocycles. The van der Waals surface area contributed by atoms with E-state index in [4.69, 9.17) is 20.8 Å². The number of hydrogen-bond donors (Lipinski definition) is 1. The molecule has 0 aliphatic carbocycles. The van der Waals surface area contributed by atoms with Crippen molar-refractivity contribution < 1.29 is 18.9 Å². The molecule has 2 heterocycles. The molecule has 1 amide bonds. The number of aryl methyl sites for hydroxylation is 2. The van der Waals surface area contributed by atoms with Gasteiger partial charge in [-0.3, -0.25) is 19.6 Å². The molecule has 158 valence electrons. The summed E-state index contributed by atoms with van der Waals surface area (Å²) in [5.41, 5.74) is 1.68. The fourth-order valence-electron chi connectivity index (χ4n) is 3.05. The standard InChI is InChI=1S/C20H21ClN4O5/c1-12-5-4-6-16(21)19(12)29-11-15-7-8-17(30-15)20(26)22-9-10-24-14(3)18(25(27)28)13(2)23-24/h4-8H,9-11H2,1-3H3,(H,22,26). The summed E-state index contributed by atoms with van der Waals surface area (Å²) in [6.45, 7) is 5.77. The number of halogens is 1. The highest BCUT2D eigenvalue weighted by molar-refractivity contribution is 6.32. The van der Waals surface area contributed by atoms with Crippen molar-refractivity contribution >= 4 is 23.2 Å². The van der Waals surface area contributed by atoms with E-state index in [0.717, 1.165) is 5.56 Å². The quantitative estimate of drug-likeness (QED) is 0.425. The molecule has 0 spiro atoms. The van der Waals surface area contributed by atoms with Crippen molar-refractivity contribution in [3.63, 3.8) is 0 Å². The number of nitrogens with one attached hydrogen (secondary N) is 1. The van der Waals surface area contributed by atoms with E-state index in [1.165, 1.54) is 4.68 Å². The molecule has 0 bridgehead atoms. The molecule has 0 atom stereocenters. The van der Waals surface area contributed by atoms with Crippen molar-refractivity contribution in [2.45, 2.75) is 33.9 Å². The van der Waals surface area contributed by atoms with Gasteiger partial charge in [-0.15, -0.1) is 0 Å². The molecule has 1 aromatic carbocycles. The van der Waals surface area contributed by atoms with Gasteiger partial charge in [0.1, 0.15) is 29.5 Å². The molecule has 0 aliphatic rings. The van der Waals surface area contributed by atoms with Gasteiger partial charge in [0.15, 0.2) is 5.76 Å². The van der Waals surface area contributed by atoms with Gasteiger partial charge in [-0.2, -0.15) is 5.10 Å². The minimum absolute atomic E-state index is 0.00856. The molecule has 0 saturated carbocycles. The SMILES string of the molecule is Cc1cccc(Cl)c1OCc1ccc(C(=O)NCCn2nc(C)c([N+](=O)[O-])c2C)o1. The normalized spacial score (nSPS) is 10.8. The Bertz CT molecular complexity index is 1070. The second kappa shape index (κ2) is 9.00. The van der Waals surface area contributed by atoms with Crippen LogP contribution in [0.4, 0.5) is 5.69 Å². The molecule has 10 heteroatoms. The van der Waals surface area contributed by atoms with Crippen LogP contribution in [0, 0.1) is 30.9 Å². The van der Waals surface area contributed by atoms with Crippen LogP contribution in [0.25, 0.3) is 0 Å². The number of furan rings is 1. The van der Waals surface area contributed by atoms with Gasteiger partial charge in [-0.1, -0.05) is 23.7 Å². The number of nitro groups is 1. The maximum atomic E-state index is 12.3. The number of para-hydroxylation sites is 1. The number of rotatable bonds is 8. The van der Waals surface area contributed by atoms with E-state index in [9.17, 15) is 14.9 Å². The molecular weight excluding hydrogens is 412 g/mol. The summed E-state index contributed by atoms with van der Waals surface area (Å²) in [6.07, 6.45) is 0. The highest BCUT2D eigenvalue weighted by atomic mass is 35.5. The summed E-state index contributed by atoms with van der Waals surface area (Å²) in [4.78, 5) is 22.9. The number of ether oxygens (including phenoxy) is 1. The summed E-state index contributed by atoms with van der Waals surface area (Å²) < 4.78 is 12.7. The number of hydrogen-bond acceptors (Lipinski definition) is 6. The Morgan fingerprint density at radius 1 is 1.30 bits per heavy atom. The summed E-state index contributed by atoms with van der Waals surface area (Å²) in [7, 11) is 0. The average Bonchev–Trinajstić information content (AvgIpc) is 3.26. The number of carbonyl (C=O) groups is 1. The van der Waals surface area contributed by atoms with Gasteiger partial charge >= 0.3 is 5.69 Å². The molecule has 3 aromatic rings. The van der Waals surface area contributed by atoms with E-state index >= 15 is 0 Å². The topological polar surface area (TPSA) is 112 Å². The lowest BCUT2D eigenvalue weighted by Gasteiger charge is -2.09. The smallest absolute Gasteiger partial charge is 0.312 e. The number of carbonyl (C=O) groups excluding carboxylic acids is 1. The Kier molecular flexibility index (Phi) is 6.41. The van der Waals surface area contributed by atoms with Crippen molar-refractivity contribution in [3.05, 3.63) is 73.9 Å². The first kappa shape index (κ1) is 21.4. The Labute approximate surface area is 177 Å². The first-order chi connectivity index (χ1) is 14.3. The lowest BCUT2D eigenvalue weighted by atomic mass is 10.2. The van der Waals surface area contributed by atoms with Gasteiger partial charge in [-0.25, -0.2) is 0 Å². The molecular formula is C20H21ClN4O5. The number of benzene rings is 1. The predicted molar refractivity (Wildman–Crippen MR) is 110 cm³/mol. The Morgan fingerprint density at radius 2 is 2.07 bits per heavy atom. The van der Waals surface area contributed by atoms with Crippen molar-refractivity contribution in [1.29, 1.82) is 0 Å². The van der Waals surface area contributed by atoms with Crippen LogP contribution in [0.15, 0.2) is 34.7 Å². The summed E-state index contributed by atoms with van der Waals surface area (Å²) in [5, 5.41) is 18.4. The van der Waals surface area contributed by atoms with Gasteiger partial charge in [-0.05, 0) is 44.5 Å². The predicted octanol–water partition coefficient (Wildman–Crippen LogP) is 3.97. The van der Waals surface area contributed by atoms with Crippen LogP contribution in [0.2, 0.25) is 5.02 Å². The Hall–Kier alpha value is -3.33. The Balaban J connectivity index is 1.54. The van der Waals surface area contributed by atoms with E-state index in [2.05, 4.69) is 10.4 Å². The number of aromatic nitrogens is 2. The highest BCUT2D eigenvalue weighted by Gasteiger charge is 2.21. The minimum Gasteiger partial charge on any atom is -0.484 e. The zero-order valence-electron chi connectivity index (χ0n) is 16.8. The molecule has 1 N–H and O–H groups in total. The molecule has 0 saturated heterocycles. The van der Waals surface area contributed by atoms with E-state index in [1.54, 1.807) is 32.0 Å². The van der Waals surface area contributed by atoms with Crippen LogP contribution >= 0.6 is 11.6 Å². The van der Waals surface area contributed by atoms with Crippen molar-refractivity contribution in [3.8, 4) is 5.75 Å². The van der Waals surface area contributed by atoms with Gasteiger partial charge < -0.3 is 14.5 Å². The van der Waals surface area contributed by atoms with Crippen LogP contribution in [0.3, 0.4) is 0 Å². The summed E-state index contributed by atoms with van der Waals surface area (Å²) in [5.74, 6) is 0.796. The van der Waals surface area contributed by atoms with Gasteiger partial charge in [0.2, 0.25) is 0 Å². The van der Waals surface area contributed by atoms with E-state index in [0.29, 0.717) is 34.5 Å². The van der Waals surface area contributed by atoms with Crippen LogP contribution in [-0.2, 0) is 13.2 Å². The molecule has 9 nitrogen and oxygen atoms in total. The first-order valence-electron chi connectivity index (χ1n) is 9.21. The molecule has 30 heavy (non-hydrogen) atoms. The maximum absolute atomic E-state index is 12.3. The monoisotopic (exact) mass is 432 g/mol. The van der Waals surface area contributed by atoms with Crippen LogP contribution < -0.4 is 10.1 Å². The van der Waals surface area contributed by atoms with Gasteiger partial charge in [0.05, 0.1) is 16.5 Å². The highest BCUT2D eigenvalue weighted by Crippen LogP contribution is 2.28. The van der Waals surface area contributed by atoms with E-state index < -0.39 is 10.8 Å². The van der Waals surface area contributed by atoms with Crippen molar-refractivity contribution in [2.24, 2.45) is 0 Å². The van der Waals surface area contributed by atoms with E-state index in [-0.39, 0.29) is 24.6 Å². The molecule has 3 rings (SSSR count). The fraction of sp³-hybridized carbons (Fsp3) is 0.300. The molecule has 0 fully saturated rings. The van der Waals surface area contributed by atoms with Crippen LogP contribution in [0.5, 0.6) is 5.75 Å². The number of nitrogens with zero attached hydrogens (tertiary/aromatic N) is 3. The molecule has 0 radical (unpaired) electrons. The second-order valence-electron chi connectivity index (χ2n) is 6.70.